The highest BCUT2D eigenvalue weighted by Crippen LogP contribution is 2.20. The number of pyridine rings is 1. The highest BCUT2D eigenvalue weighted by molar-refractivity contribution is 6.09. The van der Waals surface area contributed by atoms with Gasteiger partial charge in [0.2, 0.25) is 0 Å². The third kappa shape index (κ3) is 2.24. The maximum Gasteiger partial charge on any atom is 0.260 e. The number of anilines is 3. The van der Waals surface area contributed by atoms with E-state index in [-0.39, 0.29) is 5.91 Å². The van der Waals surface area contributed by atoms with Crippen molar-refractivity contribution in [3.8, 4) is 0 Å². The van der Waals surface area contributed by atoms with Gasteiger partial charge in [-0.15, -0.1) is 0 Å². The molecule has 5 heteroatoms. The fourth-order valence-corrected chi connectivity index (χ4v) is 1.63. The Hall–Kier alpha value is -2.56. The van der Waals surface area contributed by atoms with Gasteiger partial charge in [-0.05, 0) is 30.3 Å². The molecule has 0 aliphatic rings. The van der Waals surface area contributed by atoms with E-state index in [0.717, 1.165) is 0 Å². The third-order valence-electron chi connectivity index (χ3n) is 2.64. The van der Waals surface area contributed by atoms with Crippen LogP contribution in [0.15, 0.2) is 42.7 Å². The molecule has 1 heterocycles. The summed E-state index contributed by atoms with van der Waals surface area (Å²) in [6, 6.07) is 8.43. The maximum atomic E-state index is 12.3. The quantitative estimate of drug-likeness (QED) is 0.782. The molecule has 0 aliphatic carbocycles. The second kappa shape index (κ2) is 4.75. The molecule has 1 aromatic heterocycles. The molecule has 0 unspecified atom stereocenters. The number of amides is 1. The summed E-state index contributed by atoms with van der Waals surface area (Å²) >= 11 is 0. The molecule has 18 heavy (non-hydrogen) atoms. The number of aromatic nitrogens is 1. The number of nitrogens with zero attached hydrogens (tertiary/aromatic N) is 2. The van der Waals surface area contributed by atoms with Crippen LogP contribution < -0.4 is 16.4 Å². The van der Waals surface area contributed by atoms with Gasteiger partial charge in [0, 0.05) is 24.6 Å². The number of rotatable bonds is 2. The van der Waals surface area contributed by atoms with Crippen molar-refractivity contribution >= 4 is 23.0 Å². The summed E-state index contributed by atoms with van der Waals surface area (Å²) in [5, 5.41) is 0. The fraction of sp³-hybridized carbons (Fsp3) is 0.0769. The second-order valence-corrected chi connectivity index (χ2v) is 3.92. The van der Waals surface area contributed by atoms with Gasteiger partial charge in [0.1, 0.15) is 0 Å². The molecule has 5 nitrogen and oxygen atoms in total. The zero-order valence-electron chi connectivity index (χ0n) is 10.00. The van der Waals surface area contributed by atoms with Gasteiger partial charge in [-0.3, -0.25) is 9.78 Å². The predicted molar refractivity (Wildman–Crippen MR) is 72.2 cm³/mol. The molecule has 2 rings (SSSR count). The van der Waals surface area contributed by atoms with Crippen LogP contribution in [-0.4, -0.2) is 17.9 Å². The van der Waals surface area contributed by atoms with E-state index in [1.807, 2.05) is 0 Å². The molecule has 2 aromatic rings. The summed E-state index contributed by atoms with van der Waals surface area (Å²) in [4.78, 5) is 17.7. The van der Waals surface area contributed by atoms with Crippen LogP contribution >= 0.6 is 0 Å². The van der Waals surface area contributed by atoms with Gasteiger partial charge >= 0.3 is 0 Å². The van der Waals surface area contributed by atoms with Crippen LogP contribution in [0.3, 0.4) is 0 Å². The summed E-state index contributed by atoms with van der Waals surface area (Å²) in [5.41, 5.74) is 13.4. The Morgan fingerprint density at radius 3 is 2.67 bits per heavy atom. The van der Waals surface area contributed by atoms with Crippen molar-refractivity contribution < 1.29 is 4.79 Å². The first-order chi connectivity index (χ1) is 8.59. The van der Waals surface area contributed by atoms with Gasteiger partial charge in [-0.2, -0.15) is 0 Å². The van der Waals surface area contributed by atoms with Gasteiger partial charge < -0.3 is 16.4 Å². The van der Waals surface area contributed by atoms with E-state index in [0.29, 0.717) is 22.6 Å². The zero-order valence-corrected chi connectivity index (χ0v) is 10.00. The SMILES string of the molecule is CN(C(=O)c1ccc(N)cc1N)c1cccnc1. The van der Waals surface area contributed by atoms with Crippen molar-refractivity contribution in [2.24, 2.45) is 0 Å². The van der Waals surface area contributed by atoms with E-state index in [2.05, 4.69) is 4.98 Å². The molecule has 92 valence electrons. The Balaban J connectivity index is 2.32. The summed E-state index contributed by atoms with van der Waals surface area (Å²) in [6.45, 7) is 0. The molecular weight excluding hydrogens is 228 g/mol. The fourth-order valence-electron chi connectivity index (χ4n) is 1.63. The predicted octanol–water partition coefficient (Wildman–Crippen LogP) is 1.52. The van der Waals surface area contributed by atoms with Crippen LogP contribution in [0.4, 0.5) is 17.1 Å². The van der Waals surface area contributed by atoms with Gasteiger partial charge in [0.05, 0.1) is 17.4 Å². The minimum atomic E-state index is -0.194. The minimum absolute atomic E-state index is 0.194. The first-order valence-electron chi connectivity index (χ1n) is 5.42. The number of carbonyl (C=O) groups is 1. The first-order valence-corrected chi connectivity index (χ1v) is 5.42. The average Bonchev–Trinajstić information content (AvgIpc) is 2.38. The maximum absolute atomic E-state index is 12.3. The molecule has 0 aliphatic heterocycles. The van der Waals surface area contributed by atoms with Crippen molar-refractivity contribution in [1.82, 2.24) is 4.98 Å². The van der Waals surface area contributed by atoms with E-state index in [9.17, 15) is 4.79 Å². The number of hydrogen-bond donors (Lipinski definition) is 2. The van der Waals surface area contributed by atoms with E-state index >= 15 is 0 Å². The number of hydrogen-bond acceptors (Lipinski definition) is 4. The van der Waals surface area contributed by atoms with Crippen LogP contribution in [0, 0.1) is 0 Å². The van der Waals surface area contributed by atoms with Gasteiger partial charge in [0.15, 0.2) is 0 Å². The van der Waals surface area contributed by atoms with Crippen LogP contribution in [0.1, 0.15) is 10.4 Å². The molecule has 0 saturated heterocycles. The average molecular weight is 242 g/mol. The van der Waals surface area contributed by atoms with Crippen molar-refractivity contribution in [1.29, 1.82) is 0 Å². The monoisotopic (exact) mass is 242 g/mol. The number of nitrogens with two attached hydrogens (primary N) is 2. The Labute approximate surface area is 105 Å². The lowest BCUT2D eigenvalue weighted by molar-refractivity contribution is 0.0994. The summed E-state index contributed by atoms with van der Waals surface area (Å²) < 4.78 is 0. The van der Waals surface area contributed by atoms with E-state index in [1.54, 1.807) is 49.8 Å². The molecule has 0 fully saturated rings. The molecule has 0 radical (unpaired) electrons. The molecule has 4 N–H and O–H groups in total. The normalized spacial score (nSPS) is 10.1. The lowest BCUT2D eigenvalue weighted by Crippen LogP contribution is -2.27. The Morgan fingerprint density at radius 2 is 2.06 bits per heavy atom. The van der Waals surface area contributed by atoms with Crippen molar-refractivity contribution in [3.05, 3.63) is 48.3 Å². The first kappa shape index (κ1) is 11.9. The minimum Gasteiger partial charge on any atom is -0.399 e. The smallest absolute Gasteiger partial charge is 0.260 e. The van der Waals surface area contributed by atoms with Crippen LogP contribution in [0.2, 0.25) is 0 Å². The Kier molecular flexibility index (Phi) is 3.14. The van der Waals surface area contributed by atoms with Crippen molar-refractivity contribution in [3.63, 3.8) is 0 Å². The Morgan fingerprint density at radius 1 is 1.28 bits per heavy atom. The Bertz CT molecular complexity index is 568. The van der Waals surface area contributed by atoms with E-state index in [4.69, 9.17) is 11.5 Å². The molecule has 1 aromatic carbocycles. The lowest BCUT2D eigenvalue weighted by atomic mass is 10.1. The van der Waals surface area contributed by atoms with Crippen molar-refractivity contribution in [2.45, 2.75) is 0 Å². The molecule has 1 amide bonds. The van der Waals surface area contributed by atoms with Crippen LogP contribution in [0.25, 0.3) is 0 Å². The highest BCUT2D eigenvalue weighted by Gasteiger charge is 2.16. The van der Waals surface area contributed by atoms with Gasteiger partial charge in [0.25, 0.3) is 5.91 Å². The number of carbonyl (C=O) groups excluding carboxylic acids is 1. The third-order valence-corrected chi connectivity index (χ3v) is 2.64. The highest BCUT2D eigenvalue weighted by atomic mass is 16.2. The van der Waals surface area contributed by atoms with E-state index in [1.165, 1.54) is 4.90 Å². The van der Waals surface area contributed by atoms with E-state index < -0.39 is 0 Å². The lowest BCUT2D eigenvalue weighted by Gasteiger charge is -2.17. The largest absolute Gasteiger partial charge is 0.399 e. The molecule has 0 saturated carbocycles. The molecule has 0 spiro atoms. The standard InChI is InChI=1S/C13H14N4O/c1-17(10-3-2-6-16-8-10)13(18)11-5-4-9(14)7-12(11)15/h2-8H,14-15H2,1H3. The molecule has 0 atom stereocenters. The van der Waals surface area contributed by atoms with Crippen LogP contribution in [-0.2, 0) is 0 Å². The number of benzene rings is 1. The van der Waals surface area contributed by atoms with Crippen molar-refractivity contribution in [2.75, 3.05) is 23.4 Å². The summed E-state index contributed by atoms with van der Waals surface area (Å²) in [7, 11) is 1.68. The summed E-state index contributed by atoms with van der Waals surface area (Å²) in [6.07, 6.45) is 3.27. The molecule has 0 bridgehead atoms. The number of nitrogen functional groups attached to an aromatic ring is 2. The summed E-state index contributed by atoms with van der Waals surface area (Å²) in [5.74, 6) is -0.194. The topological polar surface area (TPSA) is 85.2 Å². The zero-order chi connectivity index (χ0) is 13.1. The van der Waals surface area contributed by atoms with Crippen LogP contribution in [0.5, 0.6) is 0 Å². The van der Waals surface area contributed by atoms with Gasteiger partial charge in [-0.25, -0.2) is 0 Å². The van der Waals surface area contributed by atoms with Gasteiger partial charge in [-0.1, -0.05) is 0 Å². The second-order valence-electron chi connectivity index (χ2n) is 3.92. The molecular formula is C13H14N4O.